The molecule has 2 heterocycles. The highest BCUT2D eigenvalue weighted by atomic mass is 16.6. The first-order valence-electron chi connectivity index (χ1n) is 12.0. The molecule has 1 unspecified atom stereocenters. The first kappa shape index (κ1) is 23.4. The number of nitro benzene ring substituents is 1. The third-order valence-electron chi connectivity index (χ3n) is 6.51. The first-order valence-corrected chi connectivity index (χ1v) is 12.0. The summed E-state index contributed by atoms with van der Waals surface area (Å²) in [5.74, 6) is 0.931. The fraction of sp³-hybridized carbons (Fsp3) is 0.103. The number of ether oxygens (including phenoxy) is 1. The van der Waals surface area contributed by atoms with Crippen LogP contribution >= 0.6 is 0 Å². The maximum atomic E-state index is 13.5. The van der Waals surface area contributed by atoms with Crippen molar-refractivity contribution in [3.63, 3.8) is 0 Å². The standard InChI is InChI=1S/C29H22N4O5/c34-20(17-38-26-11-5-10-25-27(26)21-6-1-3-8-23(21)30-25)16-32-28(18-12-14-19(15-13-18)33(36)37)31-24-9-4-2-7-22(24)29(32)35/h1-15,20,30,34H,16-17H2. The topological polar surface area (TPSA) is 123 Å². The molecule has 38 heavy (non-hydrogen) atoms. The molecular weight excluding hydrogens is 484 g/mol. The molecule has 0 saturated carbocycles. The number of rotatable bonds is 7. The van der Waals surface area contributed by atoms with Gasteiger partial charge in [0.15, 0.2) is 0 Å². The summed E-state index contributed by atoms with van der Waals surface area (Å²) in [5, 5.41) is 24.4. The number of H-pyrrole nitrogens is 1. The van der Waals surface area contributed by atoms with E-state index in [0.717, 1.165) is 21.8 Å². The van der Waals surface area contributed by atoms with Gasteiger partial charge in [0, 0.05) is 34.0 Å². The zero-order chi connectivity index (χ0) is 26.2. The number of para-hydroxylation sites is 2. The third kappa shape index (κ3) is 4.14. The fourth-order valence-electron chi connectivity index (χ4n) is 4.73. The smallest absolute Gasteiger partial charge is 0.269 e. The summed E-state index contributed by atoms with van der Waals surface area (Å²) in [5.41, 5.74) is 2.55. The number of benzene rings is 4. The van der Waals surface area contributed by atoms with E-state index in [1.807, 2.05) is 42.5 Å². The molecule has 0 aliphatic carbocycles. The highest BCUT2D eigenvalue weighted by Gasteiger charge is 2.18. The minimum atomic E-state index is -1.03. The molecule has 188 valence electrons. The van der Waals surface area contributed by atoms with Crippen molar-refractivity contribution in [2.24, 2.45) is 0 Å². The van der Waals surface area contributed by atoms with E-state index in [-0.39, 0.29) is 24.4 Å². The Kier molecular flexibility index (Phi) is 5.82. The quantitative estimate of drug-likeness (QED) is 0.231. The lowest BCUT2D eigenvalue weighted by Gasteiger charge is -2.18. The van der Waals surface area contributed by atoms with Crippen molar-refractivity contribution in [3.8, 4) is 17.1 Å². The largest absolute Gasteiger partial charge is 0.490 e. The number of nitrogens with zero attached hydrogens (tertiary/aromatic N) is 3. The number of aromatic amines is 1. The number of hydrogen-bond acceptors (Lipinski definition) is 6. The van der Waals surface area contributed by atoms with E-state index in [1.165, 1.54) is 16.7 Å². The predicted octanol–water partition coefficient (Wildman–Crippen LogP) is 5.05. The maximum absolute atomic E-state index is 13.5. The van der Waals surface area contributed by atoms with Crippen LogP contribution in [-0.4, -0.2) is 37.3 Å². The highest BCUT2D eigenvalue weighted by molar-refractivity contribution is 6.10. The lowest BCUT2D eigenvalue weighted by atomic mass is 10.1. The van der Waals surface area contributed by atoms with Crippen molar-refractivity contribution in [2.75, 3.05) is 6.61 Å². The molecule has 0 radical (unpaired) electrons. The van der Waals surface area contributed by atoms with E-state index in [4.69, 9.17) is 4.74 Å². The van der Waals surface area contributed by atoms with Gasteiger partial charge in [0.25, 0.3) is 11.2 Å². The summed E-state index contributed by atoms with van der Waals surface area (Å²) in [6.07, 6.45) is -1.03. The van der Waals surface area contributed by atoms with E-state index in [1.54, 1.807) is 36.4 Å². The van der Waals surface area contributed by atoms with Gasteiger partial charge >= 0.3 is 0 Å². The van der Waals surface area contributed by atoms with Gasteiger partial charge in [-0.1, -0.05) is 36.4 Å². The van der Waals surface area contributed by atoms with E-state index in [0.29, 0.717) is 28.0 Å². The normalized spacial score (nSPS) is 12.2. The number of non-ortho nitro benzene ring substituents is 1. The number of nitrogens with one attached hydrogen (secondary N) is 1. The Bertz CT molecular complexity index is 1870. The Balaban J connectivity index is 1.33. The minimum absolute atomic E-state index is 0.0579. The number of hydrogen-bond donors (Lipinski definition) is 2. The van der Waals surface area contributed by atoms with E-state index >= 15 is 0 Å². The summed E-state index contributed by atoms with van der Waals surface area (Å²) in [6, 6.07) is 26.4. The molecule has 6 aromatic rings. The lowest BCUT2D eigenvalue weighted by Crippen LogP contribution is -2.32. The Hall–Kier alpha value is -5.02. The number of aliphatic hydroxyl groups is 1. The molecule has 0 aliphatic heterocycles. The molecule has 0 aliphatic rings. The predicted molar refractivity (Wildman–Crippen MR) is 145 cm³/mol. The van der Waals surface area contributed by atoms with Gasteiger partial charge in [-0.25, -0.2) is 4.98 Å². The molecule has 6 rings (SSSR count). The van der Waals surface area contributed by atoms with Crippen LogP contribution in [-0.2, 0) is 6.54 Å². The van der Waals surface area contributed by atoms with Gasteiger partial charge in [0.1, 0.15) is 24.3 Å². The third-order valence-corrected chi connectivity index (χ3v) is 6.51. The first-order chi connectivity index (χ1) is 18.5. The van der Waals surface area contributed by atoms with Crippen molar-refractivity contribution in [1.82, 2.24) is 14.5 Å². The van der Waals surface area contributed by atoms with Crippen LogP contribution in [0.25, 0.3) is 44.1 Å². The Labute approximate surface area is 215 Å². The molecule has 1 atom stereocenters. The van der Waals surface area contributed by atoms with Crippen LogP contribution in [0.15, 0.2) is 95.8 Å². The molecular formula is C29H22N4O5. The van der Waals surface area contributed by atoms with Gasteiger partial charge < -0.3 is 14.8 Å². The van der Waals surface area contributed by atoms with Gasteiger partial charge in [-0.2, -0.15) is 0 Å². The molecule has 9 heteroatoms. The minimum Gasteiger partial charge on any atom is -0.490 e. The van der Waals surface area contributed by atoms with E-state index in [9.17, 15) is 20.0 Å². The molecule has 0 fully saturated rings. The second-order valence-corrected chi connectivity index (χ2v) is 8.99. The summed E-state index contributed by atoms with van der Waals surface area (Å²) < 4.78 is 7.45. The van der Waals surface area contributed by atoms with Crippen LogP contribution in [0.3, 0.4) is 0 Å². The summed E-state index contributed by atoms with van der Waals surface area (Å²) >= 11 is 0. The van der Waals surface area contributed by atoms with Gasteiger partial charge in [0.2, 0.25) is 0 Å². The molecule has 0 saturated heterocycles. The monoisotopic (exact) mass is 506 g/mol. The molecule has 2 aromatic heterocycles. The number of aromatic nitrogens is 3. The summed E-state index contributed by atoms with van der Waals surface area (Å²) in [4.78, 5) is 32.1. The number of fused-ring (bicyclic) bond motifs is 4. The maximum Gasteiger partial charge on any atom is 0.269 e. The summed E-state index contributed by atoms with van der Waals surface area (Å²) in [7, 11) is 0. The Morgan fingerprint density at radius 2 is 1.63 bits per heavy atom. The second-order valence-electron chi connectivity index (χ2n) is 8.99. The second kappa shape index (κ2) is 9.45. The van der Waals surface area contributed by atoms with Gasteiger partial charge in [-0.05, 0) is 42.5 Å². The molecule has 0 bridgehead atoms. The van der Waals surface area contributed by atoms with E-state index < -0.39 is 11.0 Å². The zero-order valence-corrected chi connectivity index (χ0v) is 20.1. The van der Waals surface area contributed by atoms with Crippen LogP contribution in [0.5, 0.6) is 5.75 Å². The molecule has 2 N–H and O–H groups in total. The van der Waals surface area contributed by atoms with Gasteiger partial charge in [-0.3, -0.25) is 19.5 Å². The van der Waals surface area contributed by atoms with Crippen LogP contribution < -0.4 is 10.3 Å². The van der Waals surface area contributed by atoms with E-state index in [2.05, 4.69) is 9.97 Å². The molecule has 0 amide bonds. The fourth-order valence-corrected chi connectivity index (χ4v) is 4.73. The molecule has 4 aromatic carbocycles. The van der Waals surface area contributed by atoms with Crippen molar-refractivity contribution < 1.29 is 14.8 Å². The summed E-state index contributed by atoms with van der Waals surface area (Å²) in [6.45, 7) is -0.134. The van der Waals surface area contributed by atoms with Crippen molar-refractivity contribution in [2.45, 2.75) is 12.6 Å². The Morgan fingerprint density at radius 3 is 2.42 bits per heavy atom. The van der Waals surface area contributed by atoms with Crippen LogP contribution in [0.2, 0.25) is 0 Å². The van der Waals surface area contributed by atoms with Crippen molar-refractivity contribution in [3.05, 3.63) is 111 Å². The van der Waals surface area contributed by atoms with Gasteiger partial charge in [-0.15, -0.1) is 0 Å². The lowest BCUT2D eigenvalue weighted by molar-refractivity contribution is -0.384. The van der Waals surface area contributed by atoms with Gasteiger partial charge in [0.05, 0.1) is 27.9 Å². The highest BCUT2D eigenvalue weighted by Crippen LogP contribution is 2.33. The average molecular weight is 507 g/mol. The molecule has 9 nitrogen and oxygen atoms in total. The number of nitro groups is 1. The molecule has 0 spiro atoms. The average Bonchev–Trinajstić information content (AvgIpc) is 3.33. The number of aliphatic hydroxyl groups excluding tert-OH is 1. The van der Waals surface area contributed by atoms with Crippen LogP contribution in [0.4, 0.5) is 5.69 Å². The zero-order valence-electron chi connectivity index (χ0n) is 20.1. The van der Waals surface area contributed by atoms with Crippen LogP contribution in [0.1, 0.15) is 0 Å². The van der Waals surface area contributed by atoms with Crippen molar-refractivity contribution >= 4 is 38.4 Å². The van der Waals surface area contributed by atoms with Crippen LogP contribution in [0, 0.1) is 10.1 Å². The Morgan fingerprint density at radius 1 is 0.921 bits per heavy atom. The SMILES string of the molecule is O=c1c2ccccc2nc(-c2ccc([N+](=O)[O-])cc2)n1CC(O)COc1cccc2[nH]c3ccccc3c12. The van der Waals surface area contributed by atoms with Crippen molar-refractivity contribution in [1.29, 1.82) is 0 Å².